The summed E-state index contributed by atoms with van der Waals surface area (Å²) in [4.78, 5) is 11.1. The van der Waals surface area contributed by atoms with Gasteiger partial charge in [-0.1, -0.05) is 43.4 Å². The van der Waals surface area contributed by atoms with Crippen LogP contribution in [-0.2, 0) is 9.53 Å². The maximum atomic E-state index is 11.1. The minimum Gasteiger partial charge on any atom is -0.466 e. The van der Waals surface area contributed by atoms with Crippen molar-refractivity contribution in [2.75, 3.05) is 7.11 Å². The summed E-state index contributed by atoms with van der Waals surface area (Å²) in [6.45, 7) is 10.7. The van der Waals surface area contributed by atoms with Crippen molar-refractivity contribution in [1.82, 2.24) is 0 Å². The predicted molar refractivity (Wildman–Crippen MR) is 96.8 cm³/mol. The van der Waals surface area contributed by atoms with Gasteiger partial charge in [0.25, 0.3) is 0 Å². The third kappa shape index (κ3) is 6.32. The molecule has 1 aliphatic carbocycles. The van der Waals surface area contributed by atoms with Crippen molar-refractivity contribution in [1.29, 1.82) is 0 Å². The third-order valence-electron chi connectivity index (χ3n) is 4.16. The van der Waals surface area contributed by atoms with Crippen LogP contribution < -0.4 is 0 Å². The maximum Gasteiger partial charge on any atom is 0.331 e. The van der Waals surface area contributed by atoms with E-state index in [9.17, 15) is 4.79 Å². The summed E-state index contributed by atoms with van der Waals surface area (Å²) >= 11 is 0. The van der Waals surface area contributed by atoms with Crippen molar-refractivity contribution >= 4 is 5.97 Å². The topological polar surface area (TPSA) is 26.3 Å². The molecular formula is C21H28O2. The Labute approximate surface area is 141 Å². The molecule has 0 N–H and O–H groups in total. The molecule has 0 amide bonds. The van der Waals surface area contributed by atoms with E-state index in [4.69, 9.17) is 0 Å². The van der Waals surface area contributed by atoms with E-state index in [0.717, 1.165) is 5.57 Å². The molecule has 1 rings (SSSR count). The van der Waals surface area contributed by atoms with Crippen molar-refractivity contribution in [3.63, 3.8) is 0 Å². The van der Waals surface area contributed by atoms with Crippen LogP contribution in [0.5, 0.6) is 0 Å². The highest BCUT2D eigenvalue weighted by molar-refractivity contribution is 5.83. The lowest BCUT2D eigenvalue weighted by atomic mass is 9.72. The molecule has 23 heavy (non-hydrogen) atoms. The van der Waals surface area contributed by atoms with E-state index in [1.165, 1.54) is 43.6 Å². The molecule has 0 heterocycles. The number of allylic oxidation sites excluding steroid dienone is 7. The molecule has 0 aromatic carbocycles. The van der Waals surface area contributed by atoms with Gasteiger partial charge in [-0.15, -0.1) is 0 Å². The highest BCUT2D eigenvalue weighted by Crippen LogP contribution is 2.40. The van der Waals surface area contributed by atoms with Crippen LogP contribution in [0.15, 0.2) is 46.6 Å². The van der Waals surface area contributed by atoms with Crippen molar-refractivity contribution in [3.8, 4) is 11.8 Å². The molecule has 124 valence electrons. The minimum atomic E-state index is -0.376. The number of methoxy groups -OCH3 is 1. The molecule has 0 aromatic heterocycles. The van der Waals surface area contributed by atoms with E-state index in [-0.39, 0.29) is 11.4 Å². The van der Waals surface area contributed by atoms with E-state index < -0.39 is 0 Å². The zero-order valence-corrected chi connectivity index (χ0v) is 15.2. The first-order valence-electron chi connectivity index (χ1n) is 8.09. The largest absolute Gasteiger partial charge is 0.466 e. The van der Waals surface area contributed by atoms with Crippen molar-refractivity contribution in [2.45, 2.75) is 53.9 Å². The lowest BCUT2D eigenvalue weighted by molar-refractivity contribution is -0.134. The van der Waals surface area contributed by atoms with Crippen molar-refractivity contribution in [3.05, 3.63) is 46.6 Å². The first-order valence-corrected chi connectivity index (χ1v) is 8.09. The molecule has 0 fully saturated rings. The van der Waals surface area contributed by atoms with E-state index >= 15 is 0 Å². The number of hydrogen-bond donors (Lipinski definition) is 0. The minimum absolute atomic E-state index is 0.255. The van der Waals surface area contributed by atoms with Gasteiger partial charge in [0.05, 0.1) is 7.11 Å². The monoisotopic (exact) mass is 312 g/mol. The van der Waals surface area contributed by atoms with Crippen molar-refractivity contribution in [2.24, 2.45) is 5.41 Å². The van der Waals surface area contributed by atoms with Crippen LogP contribution in [-0.4, -0.2) is 13.1 Å². The predicted octanol–water partition coefficient (Wildman–Crippen LogP) is 5.14. The van der Waals surface area contributed by atoms with E-state index in [2.05, 4.69) is 49.5 Å². The fourth-order valence-electron chi connectivity index (χ4n) is 2.81. The normalized spacial score (nSPS) is 18.7. The molecule has 0 unspecified atom stereocenters. The zero-order chi connectivity index (χ0) is 17.5. The first-order chi connectivity index (χ1) is 10.8. The molecule has 2 nitrogen and oxygen atoms in total. The zero-order valence-electron chi connectivity index (χ0n) is 15.2. The number of esters is 1. The Hall–Kier alpha value is -2.01. The van der Waals surface area contributed by atoms with Crippen LogP contribution in [0.25, 0.3) is 0 Å². The van der Waals surface area contributed by atoms with E-state index in [1.807, 2.05) is 13.0 Å². The highest BCUT2D eigenvalue weighted by Gasteiger charge is 2.26. The van der Waals surface area contributed by atoms with Gasteiger partial charge in [-0.3, -0.25) is 0 Å². The Bertz CT molecular complexity index is 628. The van der Waals surface area contributed by atoms with E-state index in [0.29, 0.717) is 5.57 Å². The number of ether oxygens (including phenoxy) is 1. The second-order valence-electron chi connectivity index (χ2n) is 6.77. The summed E-state index contributed by atoms with van der Waals surface area (Å²) in [5.41, 5.74) is 4.99. The number of hydrogen-bond acceptors (Lipinski definition) is 2. The lowest BCUT2D eigenvalue weighted by Gasteiger charge is -2.32. The van der Waals surface area contributed by atoms with E-state index in [1.54, 1.807) is 6.92 Å². The molecule has 0 aliphatic heterocycles. The van der Waals surface area contributed by atoms with Gasteiger partial charge in [-0.2, -0.15) is 0 Å². The molecule has 2 heteroatoms. The van der Waals surface area contributed by atoms with Gasteiger partial charge >= 0.3 is 5.97 Å². The van der Waals surface area contributed by atoms with Gasteiger partial charge in [-0.25, -0.2) is 4.79 Å². The molecule has 0 radical (unpaired) electrons. The summed E-state index contributed by atoms with van der Waals surface area (Å²) in [7, 11) is 1.36. The average Bonchev–Trinajstić information content (AvgIpc) is 2.45. The highest BCUT2D eigenvalue weighted by atomic mass is 16.5. The second kappa shape index (κ2) is 8.58. The van der Waals surface area contributed by atoms with Gasteiger partial charge in [-0.05, 0) is 62.7 Å². The number of carbonyl (C=O) groups is 1. The molecule has 0 atom stereocenters. The lowest BCUT2D eigenvalue weighted by Crippen LogP contribution is -2.19. The number of rotatable bonds is 3. The van der Waals surface area contributed by atoms with Gasteiger partial charge in [0, 0.05) is 11.6 Å². The Morgan fingerprint density at radius 1 is 1.30 bits per heavy atom. The van der Waals surface area contributed by atoms with Crippen LogP contribution >= 0.6 is 0 Å². The van der Waals surface area contributed by atoms with Gasteiger partial charge in [0.1, 0.15) is 0 Å². The molecule has 0 saturated carbocycles. The average molecular weight is 312 g/mol. The van der Waals surface area contributed by atoms with Gasteiger partial charge < -0.3 is 4.74 Å². The van der Waals surface area contributed by atoms with Gasteiger partial charge in [0.15, 0.2) is 0 Å². The smallest absolute Gasteiger partial charge is 0.331 e. The molecular weight excluding hydrogens is 284 g/mol. The Morgan fingerprint density at radius 2 is 2.00 bits per heavy atom. The Kier molecular flexibility index (Phi) is 7.10. The van der Waals surface area contributed by atoms with Gasteiger partial charge in [0.2, 0.25) is 0 Å². The van der Waals surface area contributed by atoms with Crippen LogP contribution in [0, 0.1) is 17.3 Å². The molecule has 0 bridgehead atoms. The third-order valence-corrected chi connectivity index (χ3v) is 4.16. The summed E-state index contributed by atoms with van der Waals surface area (Å²) in [5, 5.41) is 0. The van der Waals surface area contributed by atoms with Crippen LogP contribution in [0.2, 0.25) is 0 Å². The first kappa shape index (κ1) is 19.0. The Balaban J connectivity index is 2.82. The van der Waals surface area contributed by atoms with Crippen LogP contribution in [0.3, 0.4) is 0 Å². The SMILES string of the molecule is COC(=O)/C=C(/C)C#C/C=C(C)/C=C/C1=C(C)CCCC1(C)C. The summed E-state index contributed by atoms with van der Waals surface area (Å²) < 4.78 is 4.57. The van der Waals surface area contributed by atoms with Crippen LogP contribution in [0.4, 0.5) is 0 Å². The fourth-order valence-corrected chi connectivity index (χ4v) is 2.81. The molecule has 0 spiro atoms. The summed E-state index contributed by atoms with van der Waals surface area (Å²) in [5.74, 6) is 5.53. The Morgan fingerprint density at radius 3 is 2.61 bits per heavy atom. The van der Waals surface area contributed by atoms with Crippen molar-refractivity contribution < 1.29 is 9.53 Å². The van der Waals surface area contributed by atoms with Crippen LogP contribution in [0.1, 0.15) is 53.9 Å². The fraction of sp³-hybridized carbons (Fsp3) is 0.476. The molecule has 0 saturated heterocycles. The molecule has 0 aromatic rings. The summed E-state index contributed by atoms with van der Waals surface area (Å²) in [6, 6.07) is 0. The summed E-state index contributed by atoms with van der Waals surface area (Å²) in [6.07, 6.45) is 11.3. The molecule has 1 aliphatic rings. The standard InChI is InChI=1S/C21H28O2/c1-16(9-7-10-17(2)15-20(22)23-6)12-13-19-18(3)11-8-14-21(19,4)5/h9,12-13,15H,8,11,14H2,1-6H3/b13-12+,16-9+,17-15-. The number of carbonyl (C=O) groups excluding carboxylic acids is 1. The second-order valence-corrected chi connectivity index (χ2v) is 6.77. The maximum absolute atomic E-state index is 11.1. The quantitative estimate of drug-likeness (QED) is 0.312.